The second kappa shape index (κ2) is 6.80. The molecule has 140 valence electrons. The predicted octanol–water partition coefficient (Wildman–Crippen LogP) is 0.901. The van der Waals surface area contributed by atoms with E-state index in [1.807, 2.05) is 0 Å². The molecule has 3 N–H and O–H groups in total. The third-order valence-corrected chi connectivity index (χ3v) is 6.60. The average molecular weight is 362 g/mol. The minimum atomic E-state index is -2.97. The van der Waals surface area contributed by atoms with Gasteiger partial charge in [-0.1, -0.05) is 0 Å². The second-order valence-electron chi connectivity index (χ2n) is 8.12. The molecule has 2 saturated heterocycles. The van der Waals surface area contributed by atoms with Crippen molar-refractivity contribution in [1.29, 1.82) is 0 Å². The minimum absolute atomic E-state index is 0.0443. The third kappa shape index (κ3) is 4.83. The summed E-state index contributed by atoms with van der Waals surface area (Å²) in [5.74, 6) is 0.200. The van der Waals surface area contributed by atoms with Crippen molar-refractivity contribution >= 4 is 15.9 Å². The van der Waals surface area contributed by atoms with E-state index in [4.69, 9.17) is 10.5 Å². The van der Waals surface area contributed by atoms with E-state index in [0.29, 0.717) is 32.2 Å². The minimum Gasteiger partial charge on any atom is -0.444 e. The quantitative estimate of drug-likeness (QED) is 0.755. The number of hydrogen-bond donors (Lipinski definition) is 2. The number of rotatable bonds is 2. The predicted molar refractivity (Wildman–Crippen MR) is 91.3 cm³/mol. The van der Waals surface area contributed by atoms with Gasteiger partial charge in [0.05, 0.1) is 23.7 Å². The van der Waals surface area contributed by atoms with Gasteiger partial charge in [0.2, 0.25) is 0 Å². The Labute approximate surface area is 144 Å². The molecule has 2 aliphatic heterocycles. The average Bonchev–Trinajstić information content (AvgIpc) is 2.45. The van der Waals surface area contributed by atoms with Crippen molar-refractivity contribution in [3.8, 4) is 0 Å². The molecule has 0 spiro atoms. The van der Waals surface area contributed by atoms with E-state index in [0.717, 1.165) is 0 Å². The van der Waals surface area contributed by atoms with Gasteiger partial charge in [-0.25, -0.2) is 13.2 Å². The first-order chi connectivity index (χ1) is 10.9. The van der Waals surface area contributed by atoms with E-state index in [1.165, 1.54) is 4.90 Å². The molecule has 0 bridgehead atoms. The number of nitrogens with two attached hydrogens (primary N) is 1. The standard InChI is InChI=1S/C16H30N2O5S/c1-15(2,3)23-14(19)18-8-4-7-16(20,11-18)13(17)12-5-9-24(21,22)10-6-12/h12-13,20H,4-11,17H2,1-3H3. The molecule has 0 saturated carbocycles. The maximum absolute atomic E-state index is 12.3. The molecule has 0 aromatic heterocycles. The molecule has 0 radical (unpaired) electrons. The first-order valence-corrected chi connectivity index (χ1v) is 10.4. The van der Waals surface area contributed by atoms with Crippen LogP contribution in [0.5, 0.6) is 0 Å². The van der Waals surface area contributed by atoms with Crippen LogP contribution < -0.4 is 5.73 Å². The Morgan fingerprint density at radius 2 is 1.92 bits per heavy atom. The van der Waals surface area contributed by atoms with E-state index >= 15 is 0 Å². The van der Waals surface area contributed by atoms with Crippen LogP contribution >= 0.6 is 0 Å². The zero-order chi connectivity index (χ0) is 18.2. The lowest BCUT2D eigenvalue weighted by Crippen LogP contribution is -2.62. The lowest BCUT2D eigenvalue weighted by molar-refractivity contribution is -0.0679. The number of carbonyl (C=O) groups is 1. The van der Waals surface area contributed by atoms with Crippen molar-refractivity contribution in [3.63, 3.8) is 0 Å². The monoisotopic (exact) mass is 362 g/mol. The van der Waals surface area contributed by atoms with Crippen LogP contribution in [0.1, 0.15) is 46.5 Å². The molecule has 2 atom stereocenters. The highest BCUT2D eigenvalue weighted by molar-refractivity contribution is 7.91. The lowest BCUT2D eigenvalue weighted by atomic mass is 9.77. The van der Waals surface area contributed by atoms with Crippen LogP contribution in [0.15, 0.2) is 0 Å². The topological polar surface area (TPSA) is 110 Å². The van der Waals surface area contributed by atoms with Crippen LogP contribution in [0.3, 0.4) is 0 Å². The van der Waals surface area contributed by atoms with Crippen molar-refractivity contribution in [3.05, 3.63) is 0 Å². The first-order valence-electron chi connectivity index (χ1n) is 8.58. The van der Waals surface area contributed by atoms with E-state index < -0.39 is 33.2 Å². The molecule has 8 heteroatoms. The third-order valence-electron chi connectivity index (χ3n) is 4.88. The molecule has 2 aliphatic rings. The Morgan fingerprint density at radius 1 is 1.33 bits per heavy atom. The Hall–Kier alpha value is -0.860. The van der Waals surface area contributed by atoms with E-state index in [-0.39, 0.29) is 24.0 Å². The van der Waals surface area contributed by atoms with Crippen LogP contribution in [-0.2, 0) is 14.6 Å². The molecule has 0 aromatic rings. The van der Waals surface area contributed by atoms with Crippen LogP contribution in [-0.4, -0.2) is 66.4 Å². The summed E-state index contributed by atoms with van der Waals surface area (Å²) in [6.45, 7) is 6.06. The van der Waals surface area contributed by atoms with Crippen molar-refractivity contribution in [2.24, 2.45) is 11.7 Å². The maximum atomic E-state index is 12.3. The molecule has 2 fully saturated rings. The molecule has 2 unspecified atom stereocenters. The second-order valence-corrected chi connectivity index (χ2v) is 10.4. The van der Waals surface area contributed by atoms with Gasteiger partial charge in [0, 0.05) is 12.6 Å². The number of β-amino-alcohol motifs (C(OH)–C–C–N with tert-alkyl or cyclic N) is 1. The Kier molecular flexibility index (Phi) is 5.52. The van der Waals surface area contributed by atoms with Crippen LogP contribution in [0.25, 0.3) is 0 Å². The Morgan fingerprint density at radius 3 is 2.46 bits per heavy atom. The van der Waals surface area contributed by atoms with Crippen molar-refractivity contribution in [1.82, 2.24) is 4.90 Å². The molecule has 7 nitrogen and oxygen atoms in total. The van der Waals surface area contributed by atoms with Crippen LogP contribution in [0.4, 0.5) is 4.79 Å². The molecular weight excluding hydrogens is 332 g/mol. The zero-order valence-electron chi connectivity index (χ0n) is 14.8. The fourth-order valence-electron chi connectivity index (χ4n) is 3.53. The summed E-state index contributed by atoms with van der Waals surface area (Å²) in [7, 11) is -2.97. The van der Waals surface area contributed by atoms with Gasteiger partial charge in [-0.05, 0) is 52.4 Å². The van der Waals surface area contributed by atoms with E-state index in [1.54, 1.807) is 20.8 Å². The lowest BCUT2D eigenvalue weighted by Gasteiger charge is -2.45. The molecular formula is C16H30N2O5S. The van der Waals surface area contributed by atoms with Crippen molar-refractivity contribution in [2.75, 3.05) is 24.6 Å². The Balaban J connectivity index is 2.02. The summed E-state index contributed by atoms with van der Waals surface area (Å²) in [6.07, 6.45) is 1.65. The summed E-state index contributed by atoms with van der Waals surface area (Å²) in [5, 5.41) is 11.0. The van der Waals surface area contributed by atoms with E-state index in [2.05, 4.69) is 0 Å². The first kappa shape index (κ1) is 19.5. The maximum Gasteiger partial charge on any atom is 0.410 e. The normalized spacial score (nSPS) is 30.0. The van der Waals surface area contributed by atoms with Crippen molar-refractivity contribution in [2.45, 2.75) is 63.7 Å². The van der Waals surface area contributed by atoms with Gasteiger partial charge in [-0.3, -0.25) is 0 Å². The molecule has 0 aliphatic carbocycles. The number of nitrogens with zero attached hydrogens (tertiary/aromatic N) is 1. The van der Waals surface area contributed by atoms with Gasteiger partial charge in [0.1, 0.15) is 15.4 Å². The van der Waals surface area contributed by atoms with Gasteiger partial charge in [-0.2, -0.15) is 0 Å². The van der Waals surface area contributed by atoms with Crippen LogP contribution in [0, 0.1) is 5.92 Å². The number of likely N-dealkylation sites (tertiary alicyclic amines) is 1. The summed E-state index contributed by atoms with van der Waals surface area (Å²) in [6, 6.07) is -0.543. The number of ether oxygens (including phenoxy) is 1. The van der Waals surface area contributed by atoms with Gasteiger partial charge in [0.15, 0.2) is 0 Å². The summed E-state index contributed by atoms with van der Waals surface area (Å²) < 4.78 is 28.5. The number of carbonyl (C=O) groups excluding carboxylic acids is 1. The van der Waals surface area contributed by atoms with Gasteiger partial charge >= 0.3 is 6.09 Å². The summed E-state index contributed by atoms with van der Waals surface area (Å²) in [4.78, 5) is 13.8. The smallest absolute Gasteiger partial charge is 0.410 e. The number of aliphatic hydroxyl groups is 1. The number of piperidine rings is 1. The highest BCUT2D eigenvalue weighted by Gasteiger charge is 2.45. The fourth-order valence-corrected chi connectivity index (χ4v) is 5.05. The van der Waals surface area contributed by atoms with Gasteiger partial charge < -0.3 is 20.5 Å². The molecule has 1 amide bonds. The number of hydrogen-bond acceptors (Lipinski definition) is 6. The van der Waals surface area contributed by atoms with Crippen LogP contribution in [0.2, 0.25) is 0 Å². The number of amides is 1. The van der Waals surface area contributed by atoms with Gasteiger partial charge in [0.25, 0.3) is 0 Å². The number of sulfone groups is 1. The van der Waals surface area contributed by atoms with E-state index in [9.17, 15) is 18.3 Å². The SMILES string of the molecule is CC(C)(C)OC(=O)N1CCCC(O)(C(N)C2CCS(=O)(=O)CC2)C1. The highest BCUT2D eigenvalue weighted by Crippen LogP contribution is 2.32. The largest absolute Gasteiger partial charge is 0.444 e. The fraction of sp³-hybridized carbons (Fsp3) is 0.938. The Bertz CT molecular complexity index is 558. The summed E-state index contributed by atoms with van der Waals surface area (Å²) >= 11 is 0. The molecule has 0 aromatic carbocycles. The zero-order valence-corrected chi connectivity index (χ0v) is 15.6. The van der Waals surface area contributed by atoms with Crippen molar-refractivity contribution < 1.29 is 23.1 Å². The van der Waals surface area contributed by atoms with Gasteiger partial charge in [-0.15, -0.1) is 0 Å². The molecule has 24 heavy (non-hydrogen) atoms. The molecule has 2 rings (SSSR count). The summed E-state index contributed by atoms with van der Waals surface area (Å²) in [5.41, 5.74) is 4.53. The molecule has 2 heterocycles. The highest BCUT2D eigenvalue weighted by atomic mass is 32.2.